The molecule has 4 aliphatic carbocycles. The number of nitrogens with zero attached hydrogens (tertiary/aromatic N) is 1. The number of nitrogens with one attached hydrogen (secondary N) is 1. The van der Waals surface area contributed by atoms with Crippen LogP contribution in [0.3, 0.4) is 0 Å². The van der Waals surface area contributed by atoms with Crippen LogP contribution in [0.5, 0.6) is 0 Å². The molecule has 0 radical (unpaired) electrons. The van der Waals surface area contributed by atoms with Crippen molar-refractivity contribution in [3.05, 3.63) is 17.0 Å². The van der Waals surface area contributed by atoms with Crippen LogP contribution in [-0.4, -0.2) is 5.16 Å². The zero-order valence-electron chi connectivity index (χ0n) is 10.7. The van der Waals surface area contributed by atoms with Gasteiger partial charge in [-0.15, -0.1) is 0 Å². The number of fused-ring (bicyclic) bond motifs is 1. The monoisotopic (exact) mass is 244 g/mol. The van der Waals surface area contributed by atoms with Gasteiger partial charge in [0.1, 0.15) is 11.5 Å². The zero-order valence-corrected chi connectivity index (χ0v) is 10.7. The van der Waals surface area contributed by atoms with Crippen molar-refractivity contribution >= 4 is 0 Å². The van der Waals surface area contributed by atoms with E-state index in [2.05, 4.69) is 10.5 Å². The second-order valence-electron chi connectivity index (χ2n) is 7.24. The van der Waals surface area contributed by atoms with Crippen molar-refractivity contribution in [3.63, 3.8) is 0 Å². The van der Waals surface area contributed by atoms with Gasteiger partial charge >= 0.3 is 0 Å². The van der Waals surface area contributed by atoms with Crippen LogP contribution in [0.15, 0.2) is 4.52 Å². The Morgan fingerprint density at radius 3 is 2.33 bits per heavy atom. The highest BCUT2D eigenvalue weighted by Gasteiger charge is 2.54. The lowest BCUT2D eigenvalue weighted by molar-refractivity contribution is -0.0181. The summed E-state index contributed by atoms with van der Waals surface area (Å²) in [7, 11) is 0. The third-order valence-corrected chi connectivity index (χ3v) is 5.98. The first-order valence-corrected chi connectivity index (χ1v) is 7.51. The number of aromatic nitrogens is 1. The first-order valence-electron chi connectivity index (χ1n) is 7.51. The van der Waals surface area contributed by atoms with E-state index < -0.39 is 0 Å². The van der Waals surface area contributed by atoms with Crippen LogP contribution in [0.4, 0.5) is 0 Å². The van der Waals surface area contributed by atoms with Crippen LogP contribution in [0.25, 0.3) is 0 Å². The molecule has 0 saturated heterocycles. The summed E-state index contributed by atoms with van der Waals surface area (Å²) in [5.41, 5.74) is 2.97. The molecule has 0 unspecified atom stereocenters. The summed E-state index contributed by atoms with van der Waals surface area (Å²) < 4.78 is 5.83. The molecular formula is C15H20N2O. The maximum absolute atomic E-state index is 5.83. The molecule has 4 bridgehead atoms. The molecule has 18 heavy (non-hydrogen) atoms. The molecule has 5 aliphatic rings. The van der Waals surface area contributed by atoms with Crippen LogP contribution in [0.1, 0.15) is 55.5 Å². The van der Waals surface area contributed by atoms with E-state index in [9.17, 15) is 0 Å². The summed E-state index contributed by atoms with van der Waals surface area (Å²) in [6.45, 7) is 1.89. The van der Waals surface area contributed by atoms with Crippen LogP contribution >= 0.6 is 0 Å². The maximum Gasteiger partial charge on any atom is 0.147 e. The van der Waals surface area contributed by atoms with Gasteiger partial charge in [0.15, 0.2) is 0 Å². The molecule has 3 heteroatoms. The molecule has 0 atom stereocenters. The second kappa shape index (κ2) is 3.19. The third kappa shape index (κ3) is 1.16. The van der Waals surface area contributed by atoms with Gasteiger partial charge in [-0.25, -0.2) is 0 Å². The summed E-state index contributed by atoms with van der Waals surface area (Å²) in [5, 5.41) is 7.73. The zero-order chi connectivity index (χ0) is 11.7. The van der Waals surface area contributed by atoms with Crippen molar-refractivity contribution in [2.45, 2.75) is 57.0 Å². The van der Waals surface area contributed by atoms with E-state index in [0.29, 0.717) is 5.41 Å². The lowest BCUT2D eigenvalue weighted by Crippen LogP contribution is -2.48. The molecule has 2 heterocycles. The number of rotatable bonds is 1. The molecule has 4 fully saturated rings. The lowest BCUT2D eigenvalue weighted by Gasteiger charge is -2.55. The smallest absolute Gasteiger partial charge is 0.147 e. The molecule has 1 aromatic rings. The molecule has 4 saturated carbocycles. The predicted molar refractivity (Wildman–Crippen MR) is 66.9 cm³/mol. The molecule has 0 aromatic carbocycles. The van der Waals surface area contributed by atoms with Gasteiger partial charge in [0.25, 0.3) is 0 Å². The average molecular weight is 244 g/mol. The Bertz CT molecular complexity index is 469. The molecule has 1 N–H and O–H groups in total. The maximum atomic E-state index is 5.83. The fourth-order valence-corrected chi connectivity index (χ4v) is 5.77. The topological polar surface area (TPSA) is 38.1 Å². The summed E-state index contributed by atoms with van der Waals surface area (Å²) in [4.78, 5) is 0. The normalized spacial score (nSPS) is 44.6. The molecule has 1 aliphatic heterocycles. The van der Waals surface area contributed by atoms with Crippen molar-refractivity contribution in [3.8, 4) is 0 Å². The summed E-state index contributed by atoms with van der Waals surface area (Å²) >= 11 is 0. The van der Waals surface area contributed by atoms with Gasteiger partial charge in [0.2, 0.25) is 0 Å². The van der Waals surface area contributed by atoms with Crippen LogP contribution in [-0.2, 0) is 18.5 Å². The fraction of sp³-hybridized carbons (Fsp3) is 0.800. The largest absolute Gasteiger partial charge is 0.360 e. The summed E-state index contributed by atoms with van der Waals surface area (Å²) in [6.07, 6.45) is 8.61. The molecule has 6 rings (SSSR count). The van der Waals surface area contributed by atoms with E-state index >= 15 is 0 Å². The highest BCUT2D eigenvalue weighted by molar-refractivity contribution is 5.34. The van der Waals surface area contributed by atoms with Crippen molar-refractivity contribution in [1.29, 1.82) is 0 Å². The molecule has 96 valence electrons. The summed E-state index contributed by atoms with van der Waals surface area (Å²) in [6, 6.07) is 0. The van der Waals surface area contributed by atoms with Gasteiger partial charge in [-0.3, -0.25) is 0 Å². The Kier molecular flexibility index (Phi) is 1.77. The van der Waals surface area contributed by atoms with E-state index in [4.69, 9.17) is 4.52 Å². The third-order valence-electron chi connectivity index (χ3n) is 5.98. The minimum absolute atomic E-state index is 0.376. The van der Waals surface area contributed by atoms with Gasteiger partial charge in [-0.1, -0.05) is 5.16 Å². The SMILES string of the molecule is C1NCc2c1noc2C12CC3CC(CC(C3)C1)C2. The van der Waals surface area contributed by atoms with Crippen molar-refractivity contribution < 1.29 is 4.52 Å². The van der Waals surface area contributed by atoms with E-state index in [1.807, 2.05) is 0 Å². The fourth-order valence-electron chi connectivity index (χ4n) is 5.77. The quantitative estimate of drug-likeness (QED) is 0.825. The van der Waals surface area contributed by atoms with Crippen LogP contribution < -0.4 is 5.32 Å². The Labute approximate surface area is 107 Å². The Balaban J connectivity index is 1.62. The Morgan fingerprint density at radius 2 is 1.67 bits per heavy atom. The molecule has 0 amide bonds. The van der Waals surface area contributed by atoms with Crippen molar-refractivity contribution in [2.24, 2.45) is 17.8 Å². The lowest BCUT2D eigenvalue weighted by atomic mass is 9.49. The van der Waals surface area contributed by atoms with Crippen LogP contribution in [0.2, 0.25) is 0 Å². The van der Waals surface area contributed by atoms with Gasteiger partial charge in [0.05, 0.1) is 0 Å². The van der Waals surface area contributed by atoms with E-state index in [1.165, 1.54) is 55.5 Å². The summed E-state index contributed by atoms with van der Waals surface area (Å²) in [5.74, 6) is 4.21. The van der Waals surface area contributed by atoms with Gasteiger partial charge < -0.3 is 9.84 Å². The molecule has 3 nitrogen and oxygen atoms in total. The van der Waals surface area contributed by atoms with Crippen molar-refractivity contribution in [2.75, 3.05) is 0 Å². The molecular weight excluding hydrogens is 224 g/mol. The van der Waals surface area contributed by atoms with E-state index in [-0.39, 0.29) is 0 Å². The van der Waals surface area contributed by atoms with Crippen LogP contribution in [0, 0.1) is 17.8 Å². The van der Waals surface area contributed by atoms with Crippen molar-refractivity contribution in [1.82, 2.24) is 10.5 Å². The first-order chi connectivity index (χ1) is 8.82. The Morgan fingerprint density at radius 1 is 1.00 bits per heavy atom. The highest BCUT2D eigenvalue weighted by atomic mass is 16.5. The highest BCUT2D eigenvalue weighted by Crippen LogP contribution is 2.61. The molecule has 1 aromatic heterocycles. The van der Waals surface area contributed by atoms with Gasteiger partial charge in [0, 0.05) is 24.1 Å². The van der Waals surface area contributed by atoms with E-state index in [1.54, 1.807) is 0 Å². The minimum Gasteiger partial charge on any atom is -0.360 e. The standard InChI is InChI=1S/C15H20N2O/c1-9-2-11-3-10(1)5-15(4-9,6-11)14-12-7-16-8-13(12)17-18-14/h9-11,16H,1-8H2. The average Bonchev–Trinajstić information content (AvgIpc) is 2.87. The molecule has 0 spiro atoms. The predicted octanol–water partition coefficient (Wildman–Crippen LogP) is 2.75. The van der Waals surface area contributed by atoms with Gasteiger partial charge in [-0.05, 0) is 56.3 Å². The minimum atomic E-state index is 0.376. The van der Waals surface area contributed by atoms with Gasteiger partial charge in [-0.2, -0.15) is 0 Å². The van der Waals surface area contributed by atoms with E-state index in [0.717, 1.165) is 30.8 Å². The Hall–Kier alpha value is -0.830. The number of hydrogen-bond acceptors (Lipinski definition) is 3. The number of hydrogen-bond donors (Lipinski definition) is 1. The second-order valence-corrected chi connectivity index (χ2v) is 7.24. The first kappa shape index (κ1) is 10.0.